The van der Waals surface area contributed by atoms with Crippen molar-refractivity contribution in [2.75, 3.05) is 14.2 Å². The van der Waals surface area contributed by atoms with Crippen molar-refractivity contribution < 1.29 is 9.47 Å². The fraction of sp³-hybridized carbons (Fsp3) is 0.391. The summed E-state index contributed by atoms with van der Waals surface area (Å²) in [6.07, 6.45) is 7.10. The number of aryl methyl sites for hydroxylation is 2. The van der Waals surface area contributed by atoms with E-state index in [-0.39, 0.29) is 0 Å². The monoisotopic (exact) mass is 494 g/mol. The minimum Gasteiger partial charge on any atom is -0.495 e. The zero-order valence-corrected chi connectivity index (χ0v) is 20.0. The van der Waals surface area contributed by atoms with Crippen molar-refractivity contribution in [2.24, 2.45) is 0 Å². The summed E-state index contributed by atoms with van der Waals surface area (Å²) in [6, 6.07) is 8.68. The molecule has 0 saturated heterocycles. The van der Waals surface area contributed by atoms with Crippen LogP contribution in [0, 0.1) is 13.8 Å². The molecular weight excluding hydrogens is 468 g/mol. The first-order chi connectivity index (χ1) is 12.9. The van der Waals surface area contributed by atoms with Crippen LogP contribution in [0.4, 0.5) is 0 Å². The van der Waals surface area contributed by atoms with E-state index in [1.807, 2.05) is 0 Å². The van der Waals surface area contributed by atoms with Gasteiger partial charge in [0.2, 0.25) is 0 Å². The van der Waals surface area contributed by atoms with Gasteiger partial charge < -0.3 is 9.47 Å². The normalized spacial score (nSPS) is 10.6. The van der Waals surface area contributed by atoms with Gasteiger partial charge in [0.1, 0.15) is 11.5 Å². The highest BCUT2D eigenvalue weighted by atomic mass is 79.9. The maximum atomic E-state index is 5.51. The standard InChI is InChI=1S/C23H28Br2O2/c1-6-7-8-9-10-19(17-11-15(2)22(26-4)20(24)13-17)18-12-16(3)23(27-5)21(25)14-18/h10-14H,6-9H2,1-5H3. The average molecular weight is 496 g/mol. The molecule has 0 radical (unpaired) electrons. The summed E-state index contributed by atoms with van der Waals surface area (Å²) in [4.78, 5) is 0. The molecule has 0 aromatic heterocycles. The number of unbranched alkanes of at least 4 members (excludes halogenated alkanes) is 3. The molecule has 0 saturated carbocycles. The molecule has 0 fully saturated rings. The van der Waals surface area contributed by atoms with Crippen LogP contribution in [0.5, 0.6) is 11.5 Å². The van der Waals surface area contributed by atoms with Crippen molar-refractivity contribution in [1.82, 2.24) is 0 Å². The number of rotatable bonds is 8. The SMILES string of the molecule is CCCCCC=C(c1cc(C)c(OC)c(Br)c1)c1cc(C)c(OC)c(Br)c1. The molecule has 0 unspecified atom stereocenters. The predicted molar refractivity (Wildman–Crippen MR) is 122 cm³/mol. The van der Waals surface area contributed by atoms with Gasteiger partial charge in [-0.2, -0.15) is 0 Å². The zero-order chi connectivity index (χ0) is 20.0. The Morgan fingerprint density at radius 3 is 1.70 bits per heavy atom. The number of ether oxygens (including phenoxy) is 2. The van der Waals surface area contributed by atoms with Crippen LogP contribution in [0.3, 0.4) is 0 Å². The molecule has 146 valence electrons. The molecule has 0 N–H and O–H groups in total. The lowest BCUT2D eigenvalue weighted by Crippen LogP contribution is -1.96. The van der Waals surface area contributed by atoms with Gasteiger partial charge in [-0.25, -0.2) is 0 Å². The summed E-state index contributed by atoms with van der Waals surface area (Å²) >= 11 is 7.32. The molecule has 0 aliphatic rings. The number of hydrogen-bond acceptors (Lipinski definition) is 2. The highest BCUT2D eigenvalue weighted by Gasteiger charge is 2.14. The quantitative estimate of drug-likeness (QED) is 0.347. The molecule has 2 rings (SSSR count). The Kier molecular flexibility index (Phi) is 8.43. The minimum atomic E-state index is 0.885. The Labute approximate surface area is 180 Å². The third kappa shape index (κ3) is 5.39. The van der Waals surface area contributed by atoms with Gasteiger partial charge in [0.25, 0.3) is 0 Å². The predicted octanol–water partition coefficient (Wildman–Crippen LogP) is 7.86. The summed E-state index contributed by atoms with van der Waals surface area (Å²) in [6.45, 7) is 6.40. The molecule has 0 aliphatic carbocycles. The lowest BCUT2D eigenvalue weighted by molar-refractivity contribution is 0.409. The second kappa shape index (κ2) is 10.3. The minimum absolute atomic E-state index is 0.885. The van der Waals surface area contributed by atoms with Crippen molar-refractivity contribution in [2.45, 2.75) is 46.5 Å². The number of halogens is 2. The molecule has 0 heterocycles. The van der Waals surface area contributed by atoms with Crippen LogP contribution in [-0.4, -0.2) is 14.2 Å². The first-order valence-electron chi connectivity index (χ1n) is 9.32. The van der Waals surface area contributed by atoms with E-state index < -0.39 is 0 Å². The van der Waals surface area contributed by atoms with Crippen LogP contribution in [0.1, 0.15) is 54.9 Å². The van der Waals surface area contributed by atoms with Gasteiger partial charge in [-0.3, -0.25) is 0 Å². The van der Waals surface area contributed by atoms with Crippen LogP contribution < -0.4 is 9.47 Å². The molecule has 0 bridgehead atoms. The highest BCUT2D eigenvalue weighted by Crippen LogP contribution is 2.38. The first-order valence-corrected chi connectivity index (χ1v) is 10.9. The summed E-state index contributed by atoms with van der Waals surface area (Å²) in [5.74, 6) is 1.77. The number of benzene rings is 2. The van der Waals surface area contributed by atoms with Crippen molar-refractivity contribution in [3.63, 3.8) is 0 Å². The Morgan fingerprint density at radius 2 is 1.33 bits per heavy atom. The van der Waals surface area contributed by atoms with E-state index >= 15 is 0 Å². The van der Waals surface area contributed by atoms with E-state index in [9.17, 15) is 0 Å². The van der Waals surface area contributed by atoms with Gasteiger partial charge in [0, 0.05) is 0 Å². The number of allylic oxidation sites excluding steroid dienone is 1. The molecule has 2 aromatic carbocycles. The maximum Gasteiger partial charge on any atom is 0.135 e. The molecule has 0 spiro atoms. The molecule has 2 nitrogen and oxygen atoms in total. The molecular formula is C23H28Br2O2. The topological polar surface area (TPSA) is 18.5 Å². The van der Waals surface area contributed by atoms with Crippen molar-refractivity contribution in [3.8, 4) is 11.5 Å². The van der Waals surface area contributed by atoms with Crippen molar-refractivity contribution >= 4 is 37.4 Å². The van der Waals surface area contributed by atoms with Gasteiger partial charge >= 0.3 is 0 Å². The van der Waals surface area contributed by atoms with Crippen LogP contribution in [0.2, 0.25) is 0 Å². The third-order valence-corrected chi connectivity index (χ3v) is 5.82. The van der Waals surface area contributed by atoms with Crippen molar-refractivity contribution in [3.05, 3.63) is 61.5 Å². The first kappa shape index (κ1) is 22.0. The average Bonchev–Trinajstić information content (AvgIpc) is 2.61. The van der Waals surface area contributed by atoms with E-state index in [0.717, 1.165) is 38.0 Å². The smallest absolute Gasteiger partial charge is 0.135 e. The van der Waals surface area contributed by atoms with Crippen LogP contribution in [-0.2, 0) is 0 Å². The summed E-state index contributed by atoms with van der Waals surface area (Å²) < 4.78 is 13.0. The Balaban J connectivity index is 2.56. The second-order valence-electron chi connectivity index (χ2n) is 6.73. The van der Waals surface area contributed by atoms with Gasteiger partial charge in [0.15, 0.2) is 0 Å². The van der Waals surface area contributed by atoms with Gasteiger partial charge in [0.05, 0.1) is 23.2 Å². The Morgan fingerprint density at radius 1 is 0.852 bits per heavy atom. The van der Waals surface area contributed by atoms with E-state index in [1.54, 1.807) is 14.2 Å². The van der Waals surface area contributed by atoms with E-state index in [1.165, 1.54) is 36.0 Å². The van der Waals surface area contributed by atoms with Gasteiger partial charge in [-0.15, -0.1) is 0 Å². The Bertz CT molecular complexity index is 718. The zero-order valence-electron chi connectivity index (χ0n) is 16.8. The van der Waals surface area contributed by atoms with Crippen molar-refractivity contribution in [1.29, 1.82) is 0 Å². The third-order valence-electron chi connectivity index (χ3n) is 4.65. The second-order valence-corrected chi connectivity index (χ2v) is 8.44. The highest BCUT2D eigenvalue weighted by molar-refractivity contribution is 9.10. The molecule has 0 aliphatic heterocycles. The van der Waals surface area contributed by atoms with E-state index in [0.29, 0.717) is 0 Å². The van der Waals surface area contributed by atoms with Crippen LogP contribution >= 0.6 is 31.9 Å². The molecule has 0 atom stereocenters. The molecule has 27 heavy (non-hydrogen) atoms. The summed E-state index contributed by atoms with van der Waals surface area (Å²) in [5, 5.41) is 0. The van der Waals surface area contributed by atoms with Crippen LogP contribution in [0.15, 0.2) is 39.3 Å². The fourth-order valence-corrected chi connectivity index (χ4v) is 4.78. The largest absolute Gasteiger partial charge is 0.495 e. The number of methoxy groups -OCH3 is 2. The maximum absolute atomic E-state index is 5.51. The van der Waals surface area contributed by atoms with E-state index in [2.05, 4.69) is 83.0 Å². The lowest BCUT2D eigenvalue weighted by Gasteiger charge is -2.16. The lowest BCUT2D eigenvalue weighted by atomic mass is 9.93. The van der Waals surface area contributed by atoms with Gasteiger partial charge in [-0.1, -0.05) is 25.8 Å². The van der Waals surface area contributed by atoms with Gasteiger partial charge in [-0.05, 0) is 111 Å². The van der Waals surface area contributed by atoms with E-state index in [4.69, 9.17) is 9.47 Å². The molecule has 0 amide bonds. The summed E-state index contributed by atoms with van der Waals surface area (Å²) in [5.41, 5.74) is 5.85. The van der Waals surface area contributed by atoms with Crippen LogP contribution in [0.25, 0.3) is 5.57 Å². The molecule has 2 aromatic rings. The molecule has 4 heteroatoms. The Hall–Kier alpha value is -1.26. The number of hydrogen-bond donors (Lipinski definition) is 0. The fourth-order valence-electron chi connectivity index (χ4n) is 3.33. The summed E-state index contributed by atoms with van der Waals surface area (Å²) in [7, 11) is 3.41.